The molecule has 2 unspecified atom stereocenters. The maximum Gasteiger partial charge on any atom is 0.320 e. The molecule has 1 rings (SSSR count). The van der Waals surface area contributed by atoms with Gasteiger partial charge < -0.3 is 15.6 Å². The Bertz CT molecular complexity index is 264. The molecule has 18 heavy (non-hydrogen) atoms. The Morgan fingerprint density at radius 2 is 2.33 bits per heavy atom. The Kier molecular flexibility index (Phi) is 6.99. The van der Waals surface area contributed by atoms with Gasteiger partial charge in [0.1, 0.15) is 6.04 Å². The van der Waals surface area contributed by atoms with Gasteiger partial charge in [-0.3, -0.25) is 9.69 Å². The van der Waals surface area contributed by atoms with E-state index in [0.717, 1.165) is 31.2 Å². The number of hydrogen-bond donors (Lipinski definition) is 2. The third-order valence-electron chi connectivity index (χ3n) is 3.09. The molecular formula is C12H24N2O3S. The molecule has 0 spiro atoms. The minimum absolute atomic E-state index is 0.257. The fourth-order valence-electron chi connectivity index (χ4n) is 1.86. The van der Waals surface area contributed by atoms with Gasteiger partial charge in [-0.15, -0.1) is 0 Å². The van der Waals surface area contributed by atoms with E-state index in [2.05, 4.69) is 18.7 Å². The number of hydrogen-bond acceptors (Lipinski definition) is 5. The van der Waals surface area contributed by atoms with Crippen LogP contribution in [-0.2, 0) is 9.53 Å². The highest BCUT2D eigenvalue weighted by Gasteiger charge is 2.22. The van der Waals surface area contributed by atoms with Gasteiger partial charge in [-0.05, 0) is 26.0 Å². The second-order valence-electron chi connectivity index (χ2n) is 4.89. The van der Waals surface area contributed by atoms with E-state index in [1.165, 1.54) is 0 Å². The Morgan fingerprint density at radius 1 is 1.61 bits per heavy atom. The van der Waals surface area contributed by atoms with Crippen LogP contribution in [0.5, 0.6) is 0 Å². The standard InChI is InChI=1S/C12H24N2O3S/c1-9(2)14-4-5-17-10(7-14)8-18-6-3-11(13)12(15)16/h9-11H,3-8,13H2,1-2H3,(H,15,16). The minimum Gasteiger partial charge on any atom is -0.480 e. The summed E-state index contributed by atoms with van der Waals surface area (Å²) < 4.78 is 5.70. The molecule has 1 aliphatic rings. The highest BCUT2D eigenvalue weighted by Crippen LogP contribution is 2.14. The first-order valence-corrected chi connectivity index (χ1v) is 7.58. The van der Waals surface area contributed by atoms with Crippen LogP contribution in [-0.4, -0.2) is 65.4 Å². The zero-order valence-electron chi connectivity index (χ0n) is 11.2. The predicted molar refractivity (Wildman–Crippen MR) is 74.0 cm³/mol. The summed E-state index contributed by atoms with van der Waals surface area (Å²) in [5.41, 5.74) is 5.45. The monoisotopic (exact) mass is 276 g/mol. The largest absolute Gasteiger partial charge is 0.480 e. The second kappa shape index (κ2) is 7.99. The SMILES string of the molecule is CC(C)N1CCOC(CSCCC(N)C(=O)O)C1. The fraction of sp³-hybridized carbons (Fsp3) is 0.917. The van der Waals surface area contributed by atoms with Gasteiger partial charge in [0.05, 0.1) is 12.7 Å². The Balaban J connectivity index is 2.13. The number of thioether (sulfide) groups is 1. The topological polar surface area (TPSA) is 75.8 Å². The number of morpholine rings is 1. The number of carboxylic acids is 1. The lowest BCUT2D eigenvalue weighted by atomic mass is 10.2. The summed E-state index contributed by atoms with van der Waals surface area (Å²) in [4.78, 5) is 13.0. The van der Waals surface area contributed by atoms with Gasteiger partial charge in [0, 0.05) is 24.9 Å². The van der Waals surface area contributed by atoms with Crippen LogP contribution in [0.2, 0.25) is 0 Å². The summed E-state index contributed by atoms with van der Waals surface area (Å²) in [6, 6.07) is -0.182. The lowest BCUT2D eigenvalue weighted by Crippen LogP contribution is -2.46. The minimum atomic E-state index is -0.921. The first-order chi connectivity index (χ1) is 8.50. The van der Waals surface area contributed by atoms with Gasteiger partial charge in [-0.1, -0.05) is 0 Å². The molecule has 6 heteroatoms. The average molecular weight is 276 g/mol. The summed E-state index contributed by atoms with van der Waals surface area (Å²) in [6.07, 6.45) is 0.771. The van der Waals surface area contributed by atoms with E-state index in [-0.39, 0.29) is 6.10 Å². The maximum absolute atomic E-state index is 10.5. The molecule has 1 aliphatic heterocycles. The van der Waals surface area contributed by atoms with Crippen LogP contribution in [0.3, 0.4) is 0 Å². The van der Waals surface area contributed by atoms with Crippen molar-refractivity contribution < 1.29 is 14.6 Å². The molecule has 5 nitrogen and oxygen atoms in total. The lowest BCUT2D eigenvalue weighted by molar-refractivity contribution is -0.138. The first kappa shape index (κ1) is 15.8. The van der Waals surface area contributed by atoms with E-state index in [9.17, 15) is 4.79 Å². The number of rotatable bonds is 7. The van der Waals surface area contributed by atoms with Gasteiger partial charge in [-0.25, -0.2) is 0 Å². The second-order valence-corrected chi connectivity index (χ2v) is 6.04. The van der Waals surface area contributed by atoms with Gasteiger partial charge in [0.2, 0.25) is 0 Å². The molecule has 2 atom stereocenters. The zero-order chi connectivity index (χ0) is 13.5. The molecule has 0 radical (unpaired) electrons. The summed E-state index contributed by atoms with van der Waals surface area (Å²) in [5, 5.41) is 8.66. The summed E-state index contributed by atoms with van der Waals surface area (Å²) in [5.74, 6) is 0.764. The van der Waals surface area contributed by atoms with Crippen LogP contribution < -0.4 is 5.73 Å². The van der Waals surface area contributed by atoms with Gasteiger partial charge in [-0.2, -0.15) is 11.8 Å². The third kappa shape index (κ3) is 5.56. The smallest absolute Gasteiger partial charge is 0.320 e. The normalized spacial score (nSPS) is 23.2. The Labute approximate surface area is 113 Å². The molecule has 3 N–H and O–H groups in total. The number of aliphatic carboxylic acids is 1. The number of carbonyl (C=O) groups is 1. The lowest BCUT2D eigenvalue weighted by Gasteiger charge is -2.35. The molecule has 106 valence electrons. The van der Waals surface area contributed by atoms with Crippen molar-refractivity contribution in [2.45, 2.75) is 38.5 Å². The number of ether oxygens (including phenoxy) is 1. The maximum atomic E-state index is 10.5. The van der Waals surface area contributed by atoms with E-state index in [4.69, 9.17) is 15.6 Å². The van der Waals surface area contributed by atoms with E-state index < -0.39 is 12.0 Å². The first-order valence-electron chi connectivity index (χ1n) is 6.42. The molecule has 0 aromatic heterocycles. The summed E-state index contributed by atoms with van der Waals surface area (Å²) >= 11 is 1.72. The number of carboxylic acid groups (broad SMARTS) is 1. The van der Waals surface area contributed by atoms with Gasteiger partial charge >= 0.3 is 5.97 Å². The van der Waals surface area contributed by atoms with E-state index in [0.29, 0.717) is 12.5 Å². The van der Waals surface area contributed by atoms with Gasteiger partial charge in [0.15, 0.2) is 0 Å². The van der Waals surface area contributed by atoms with Crippen LogP contribution in [0, 0.1) is 0 Å². The molecule has 0 aromatic carbocycles. The molecule has 1 saturated heterocycles. The highest BCUT2D eigenvalue weighted by atomic mass is 32.2. The molecular weight excluding hydrogens is 252 g/mol. The van der Waals surface area contributed by atoms with Crippen molar-refractivity contribution in [3.05, 3.63) is 0 Å². The molecule has 0 aliphatic carbocycles. The van der Waals surface area contributed by atoms with Crippen molar-refractivity contribution in [2.24, 2.45) is 5.73 Å². The Morgan fingerprint density at radius 3 is 2.94 bits per heavy atom. The van der Waals surface area contributed by atoms with Crippen LogP contribution in [0.1, 0.15) is 20.3 Å². The van der Waals surface area contributed by atoms with Crippen molar-refractivity contribution in [3.63, 3.8) is 0 Å². The van der Waals surface area contributed by atoms with Crippen molar-refractivity contribution in [3.8, 4) is 0 Å². The van der Waals surface area contributed by atoms with Crippen LogP contribution in [0.4, 0.5) is 0 Å². The zero-order valence-corrected chi connectivity index (χ0v) is 12.0. The molecule has 0 bridgehead atoms. The van der Waals surface area contributed by atoms with E-state index >= 15 is 0 Å². The van der Waals surface area contributed by atoms with E-state index in [1.54, 1.807) is 11.8 Å². The average Bonchev–Trinajstić information content (AvgIpc) is 2.34. The van der Waals surface area contributed by atoms with Crippen LogP contribution in [0.15, 0.2) is 0 Å². The summed E-state index contributed by atoms with van der Waals surface area (Å²) in [7, 11) is 0. The molecule has 0 amide bonds. The van der Waals surface area contributed by atoms with Crippen molar-refractivity contribution in [2.75, 3.05) is 31.2 Å². The molecule has 0 saturated carbocycles. The van der Waals surface area contributed by atoms with Crippen molar-refractivity contribution >= 4 is 17.7 Å². The molecule has 1 heterocycles. The van der Waals surface area contributed by atoms with Gasteiger partial charge in [0.25, 0.3) is 0 Å². The van der Waals surface area contributed by atoms with Crippen LogP contribution >= 0.6 is 11.8 Å². The predicted octanol–water partition coefficient (Wildman–Crippen LogP) is 0.631. The van der Waals surface area contributed by atoms with Crippen LogP contribution in [0.25, 0.3) is 0 Å². The van der Waals surface area contributed by atoms with Crippen molar-refractivity contribution in [1.29, 1.82) is 0 Å². The molecule has 0 aromatic rings. The summed E-state index contributed by atoms with van der Waals surface area (Å²) in [6.45, 7) is 7.15. The third-order valence-corrected chi connectivity index (χ3v) is 4.23. The number of nitrogens with two attached hydrogens (primary N) is 1. The van der Waals surface area contributed by atoms with Crippen molar-refractivity contribution in [1.82, 2.24) is 4.90 Å². The highest BCUT2D eigenvalue weighted by molar-refractivity contribution is 7.99. The fourth-order valence-corrected chi connectivity index (χ4v) is 2.91. The Hall–Kier alpha value is -0.300. The number of nitrogens with zero attached hydrogens (tertiary/aromatic N) is 1. The van der Waals surface area contributed by atoms with E-state index in [1.807, 2.05) is 0 Å². The molecule has 1 fully saturated rings. The quantitative estimate of drug-likeness (QED) is 0.664.